The second-order valence-corrected chi connectivity index (χ2v) is 5.62. The van der Waals surface area contributed by atoms with Crippen LogP contribution in [0.3, 0.4) is 0 Å². The van der Waals surface area contributed by atoms with E-state index >= 15 is 0 Å². The summed E-state index contributed by atoms with van der Waals surface area (Å²) in [4.78, 5) is 10.4. The fourth-order valence-electron chi connectivity index (χ4n) is 2.53. The number of hydrogen-bond donors (Lipinski definition) is 1. The minimum absolute atomic E-state index is 0.297. The van der Waals surface area contributed by atoms with Crippen molar-refractivity contribution < 1.29 is 14.6 Å². The molecule has 2 rings (SSSR count). The lowest BCUT2D eigenvalue weighted by Crippen LogP contribution is -1.97. The molecule has 0 aromatic heterocycles. The highest BCUT2D eigenvalue weighted by molar-refractivity contribution is 5.83. The summed E-state index contributed by atoms with van der Waals surface area (Å²) in [5.41, 5.74) is 0. The Morgan fingerprint density at radius 2 is 1.55 bits per heavy atom. The van der Waals surface area contributed by atoms with E-state index in [9.17, 15) is 4.79 Å². The number of carboxylic acid groups (broad SMARTS) is 1. The van der Waals surface area contributed by atoms with Gasteiger partial charge in [-0.1, -0.05) is 56.0 Å². The van der Waals surface area contributed by atoms with E-state index in [0.29, 0.717) is 6.42 Å². The summed E-state index contributed by atoms with van der Waals surface area (Å²) in [6.07, 6.45) is 6.56. The molecule has 0 radical (unpaired) electrons. The molecule has 22 heavy (non-hydrogen) atoms. The van der Waals surface area contributed by atoms with Crippen molar-refractivity contribution in [1.29, 1.82) is 0 Å². The van der Waals surface area contributed by atoms with Gasteiger partial charge in [0.2, 0.25) is 0 Å². The highest BCUT2D eigenvalue weighted by atomic mass is 16.5. The SMILES string of the molecule is O=C(O)CCCCCCCCOc1ccc2ccccc2c1. The molecule has 3 heteroatoms. The Kier molecular flexibility index (Phi) is 6.75. The predicted octanol–water partition coefficient (Wildman–Crippen LogP) is 5.03. The second kappa shape index (κ2) is 9.08. The molecule has 0 heterocycles. The second-order valence-electron chi connectivity index (χ2n) is 5.62. The van der Waals surface area contributed by atoms with Crippen LogP contribution in [-0.4, -0.2) is 17.7 Å². The van der Waals surface area contributed by atoms with Crippen LogP contribution in [-0.2, 0) is 4.79 Å². The van der Waals surface area contributed by atoms with E-state index in [2.05, 4.69) is 24.3 Å². The van der Waals surface area contributed by atoms with Crippen LogP contribution >= 0.6 is 0 Å². The van der Waals surface area contributed by atoms with Crippen molar-refractivity contribution in [2.45, 2.75) is 44.9 Å². The fourth-order valence-corrected chi connectivity index (χ4v) is 2.53. The summed E-state index contributed by atoms with van der Waals surface area (Å²) in [7, 11) is 0. The van der Waals surface area contributed by atoms with Crippen LogP contribution in [0.4, 0.5) is 0 Å². The molecule has 0 aliphatic heterocycles. The highest BCUT2D eigenvalue weighted by Crippen LogP contribution is 2.20. The summed E-state index contributed by atoms with van der Waals surface area (Å²) in [6.45, 7) is 0.744. The maximum atomic E-state index is 10.4. The first-order chi connectivity index (χ1) is 10.8. The number of unbranched alkanes of at least 4 members (excludes halogenated alkanes) is 5. The highest BCUT2D eigenvalue weighted by Gasteiger charge is 1.98. The summed E-state index contributed by atoms with van der Waals surface area (Å²) >= 11 is 0. The smallest absolute Gasteiger partial charge is 0.303 e. The van der Waals surface area contributed by atoms with Gasteiger partial charge in [-0.3, -0.25) is 4.79 Å². The molecule has 2 aromatic carbocycles. The maximum Gasteiger partial charge on any atom is 0.303 e. The molecule has 118 valence electrons. The number of carboxylic acids is 1. The number of benzene rings is 2. The number of rotatable bonds is 10. The zero-order valence-corrected chi connectivity index (χ0v) is 13.0. The maximum absolute atomic E-state index is 10.4. The minimum atomic E-state index is -0.691. The lowest BCUT2D eigenvalue weighted by molar-refractivity contribution is -0.137. The number of carbonyl (C=O) groups is 1. The van der Waals surface area contributed by atoms with E-state index in [1.54, 1.807) is 0 Å². The Labute approximate surface area is 131 Å². The molecule has 0 bridgehead atoms. The third kappa shape index (κ3) is 5.76. The van der Waals surface area contributed by atoms with Gasteiger partial charge in [-0.2, -0.15) is 0 Å². The van der Waals surface area contributed by atoms with E-state index in [0.717, 1.165) is 50.9 Å². The van der Waals surface area contributed by atoms with Crippen LogP contribution in [0.25, 0.3) is 10.8 Å². The number of fused-ring (bicyclic) bond motifs is 1. The first-order valence-corrected chi connectivity index (χ1v) is 8.09. The summed E-state index contributed by atoms with van der Waals surface area (Å²) < 4.78 is 5.80. The van der Waals surface area contributed by atoms with Crippen molar-refractivity contribution in [3.63, 3.8) is 0 Å². The van der Waals surface area contributed by atoms with Crippen LogP contribution in [0.15, 0.2) is 42.5 Å². The number of aliphatic carboxylic acids is 1. The molecule has 0 amide bonds. The van der Waals surface area contributed by atoms with Crippen molar-refractivity contribution in [2.24, 2.45) is 0 Å². The largest absolute Gasteiger partial charge is 0.494 e. The van der Waals surface area contributed by atoms with Crippen LogP contribution in [0, 0.1) is 0 Å². The average molecular weight is 300 g/mol. The van der Waals surface area contributed by atoms with Gasteiger partial charge in [-0.15, -0.1) is 0 Å². The molecular weight excluding hydrogens is 276 g/mol. The third-order valence-electron chi connectivity index (χ3n) is 3.77. The van der Waals surface area contributed by atoms with Crippen molar-refractivity contribution >= 4 is 16.7 Å². The molecule has 1 N–H and O–H groups in total. The Hall–Kier alpha value is -2.03. The molecule has 0 unspecified atom stereocenters. The lowest BCUT2D eigenvalue weighted by atomic mass is 10.1. The van der Waals surface area contributed by atoms with Crippen LogP contribution < -0.4 is 4.74 Å². The molecule has 0 saturated carbocycles. The topological polar surface area (TPSA) is 46.5 Å². The minimum Gasteiger partial charge on any atom is -0.494 e. The van der Waals surface area contributed by atoms with Gasteiger partial charge in [0.25, 0.3) is 0 Å². The summed E-state index contributed by atoms with van der Waals surface area (Å²) in [5.74, 6) is 0.240. The first kappa shape index (κ1) is 16.3. The van der Waals surface area contributed by atoms with Gasteiger partial charge in [0.15, 0.2) is 0 Å². The van der Waals surface area contributed by atoms with E-state index in [-0.39, 0.29) is 0 Å². The Balaban J connectivity index is 1.57. The Morgan fingerprint density at radius 1 is 0.864 bits per heavy atom. The summed E-state index contributed by atoms with van der Waals surface area (Å²) in [5, 5.41) is 11.0. The van der Waals surface area contributed by atoms with Crippen LogP contribution in [0.2, 0.25) is 0 Å². The summed E-state index contributed by atoms with van der Waals surface area (Å²) in [6, 6.07) is 14.5. The third-order valence-corrected chi connectivity index (χ3v) is 3.77. The van der Waals surface area contributed by atoms with Gasteiger partial charge in [0, 0.05) is 6.42 Å². The normalized spacial score (nSPS) is 10.7. The van der Waals surface area contributed by atoms with Crippen molar-refractivity contribution in [3.05, 3.63) is 42.5 Å². The van der Waals surface area contributed by atoms with Crippen molar-refractivity contribution in [3.8, 4) is 5.75 Å². The fraction of sp³-hybridized carbons (Fsp3) is 0.421. The Bertz CT molecular complexity index is 592. The van der Waals surface area contributed by atoms with Gasteiger partial charge in [-0.25, -0.2) is 0 Å². The van der Waals surface area contributed by atoms with Gasteiger partial charge in [-0.05, 0) is 35.7 Å². The van der Waals surface area contributed by atoms with Gasteiger partial charge < -0.3 is 9.84 Å². The van der Waals surface area contributed by atoms with E-state index in [1.165, 1.54) is 10.8 Å². The molecule has 0 atom stereocenters. The lowest BCUT2D eigenvalue weighted by Gasteiger charge is -2.07. The molecule has 0 saturated heterocycles. The molecule has 0 aliphatic carbocycles. The standard InChI is InChI=1S/C19H24O3/c20-19(21)11-5-3-1-2-4-8-14-22-18-13-12-16-9-6-7-10-17(16)15-18/h6-7,9-10,12-13,15H,1-5,8,11,14H2,(H,20,21). The van der Waals surface area contributed by atoms with E-state index in [4.69, 9.17) is 9.84 Å². The zero-order chi connectivity index (χ0) is 15.6. The van der Waals surface area contributed by atoms with Crippen molar-refractivity contribution in [2.75, 3.05) is 6.61 Å². The molecule has 3 nitrogen and oxygen atoms in total. The van der Waals surface area contributed by atoms with Crippen LogP contribution in [0.5, 0.6) is 5.75 Å². The first-order valence-electron chi connectivity index (χ1n) is 8.09. The molecule has 0 spiro atoms. The van der Waals surface area contributed by atoms with Gasteiger partial charge in [0.1, 0.15) is 5.75 Å². The van der Waals surface area contributed by atoms with Gasteiger partial charge >= 0.3 is 5.97 Å². The molecule has 0 aliphatic rings. The van der Waals surface area contributed by atoms with Crippen molar-refractivity contribution in [1.82, 2.24) is 0 Å². The molecule has 2 aromatic rings. The monoisotopic (exact) mass is 300 g/mol. The zero-order valence-electron chi connectivity index (χ0n) is 13.0. The number of hydrogen-bond acceptors (Lipinski definition) is 2. The van der Waals surface area contributed by atoms with Crippen LogP contribution in [0.1, 0.15) is 44.9 Å². The predicted molar refractivity (Wildman–Crippen MR) is 89.4 cm³/mol. The van der Waals surface area contributed by atoms with E-state index in [1.807, 2.05) is 18.2 Å². The average Bonchev–Trinajstić information content (AvgIpc) is 2.53. The number of ether oxygens (including phenoxy) is 1. The molecule has 0 fully saturated rings. The van der Waals surface area contributed by atoms with E-state index < -0.39 is 5.97 Å². The Morgan fingerprint density at radius 3 is 2.32 bits per heavy atom. The molecular formula is C19H24O3. The van der Waals surface area contributed by atoms with Gasteiger partial charge in [0.05, 0.1) is 6.61 Å². The quantitative estimate of drug-likeness (QED) is 0.626.